The fourth-order valence-electron chi connectivity index (χ4n) is 1.90. The van der Waals surface area contributed by atoms with Gasteiger partial charge >= 0.3 is 0 Å². The molecule has 1 heterocycles. The molecule has 90 valence electrons. The number of fused-ring (bicyclic) bond motifs is 1. The maximum atomic E-state index is 11.2. The van der Waals surface area contributed by atoms with Crippen LogP contribution in [0.3, 0.4) is 0 Å². The molecule has 0 aliphatic carbocycles. The largest absolute Gasteiger partial charge is 0.508 e. The third-order valence-electron chi connectivity index (χ3n) is 2.87. The Kier molecular flexibility index (Phi) is 3.01. The minimum absolute atomic E-state index is 0.207. The van der Waals surface area contributed by atoms with Crippen LogP contribution < -0.4 is 11.1 Å². The van der Waals surface area contributed by atoms with Crippen molar-refractivity contribution in [1.29, 1.82) is 0 Å². The summed E-state index contributed by atoms with van der Waals surface area (Å²) in [5.41, 5.74) is 7.16. The number of primary amides is 1. The molecule has 17 heavy (non-hydrogen) atoms. The molecule has 5 nitrogen and oxygen atoms in total. The normalized spacial score (nSPS) is 12.8. The second-order valence-corrected chi connectivity index (χ2v) is 3.99. The van der Waals surface area contributed by atoms with Gasteiger partial charge in [0.25, 0.3) is 0 Å². The van der Waals surface area contributed by atoms with E-state index in [0.717, 1.165) is 16.5 Å². The Hall–Kier alpha value is -2.01. The molecule has 1 atom stereocenters. The first-order valence-corrected chi connectivity index (χ1v) is 5.37. The summed E-state index contributed by atoms with van der Waals surface area (Å²) in [6.07, 6.45) is 2.33. The third-order valence-corrected chi connectivity index (χ3v) is 2.87. The molecule has 2 rings (SSSR count). The molecule has 0 aliphatic rings. The zero-order valence-electron chi connectivity index (χ0n) is 9.53. The lowest BCUT2D eigenvalue weighted by Gasteiger charge is -2.11. The van der Waals surface area contributed by atoms with Gasteiger partial charge in [-0.1, -0.05) is 0 Å². The molecule has 2 aromatic rings. The summed E-state index contributed by atoms with van der Waals surface area (Å²) in [6, 6.07) is 4.69. The monoisotopic (exact) mass is 233 g/mol. The molecule has 1 unspecified atom stereocenters. The van der Waals surface area contributed by atoms with Gasteiger partial charge in [-0.3, -0.25) is 4.79 Å². The number of aromatic amines is 1. The van der Waals surface area contributed by atoms with Crippen molar-refractivity contribution in [2.45, 2.75) is 12.5 Å². The standard InChI is InChI=1S/C12H15N3O2/c1-14-11(12(13)17)4-7-6-15-10-3-2-8(16)5-9(7)10/h2-3,5-6,11,14-16H,4H2,1H3,(H2,13,17). The van der Waals surface area contributed by atoms with E-state index < -0.39 is 6.04 Å². The number of aromatic nitrogens is 1. The summed E-state index contributed by atoms with van der Waals surface area (Å²) in [6.45, 7) is 0. The van der Waals surface area contributed by atoms with Gasteiger partial charge in [-0.05, 0) is 37.2 Å². The van der Waals surface area contributed by atoms with E-state index in [2.05, 4.69) is 10.3 Å². The van der Waals surface area contributed by atoms with Gasteiger partial charge in [-0.2, -0.15) is 0 Å². The molecular formula is C12H15N3O2. The Morgan fingerprint density at radius 2 is 2.35 bits per heavy atom. The van der Waals surface area contributed by atoms with E-state index in [4.69, 9.17) is 5.73 Å². The summed E-state index contributed by atoms with van der Waals surface area (Å²) in [5.74, 6) is -0.180. The van der Waals surface area contributed by atoms with E-state index in [9.17, 15) is 9.90 Å². The second kappa shape index (κ2) is 4.47. The van der Waals surface area contributed by atoms with Crippen LogP contribution in [-0.4, -0.2) is 29.1 Å². The van der Waals surface area contributed by atoms with Crippen LogP contribution in [0.1, 0.15) is 5.56 Å². The Morgan fingerprint density at radius 1 is 1.59 bits per heavy atom. The van der Waals surface area contributed by atoms with Gasteiger partial charge in [0.15, 0.2) is 0 Å². The number of H-pyrrole nitrogens is 1. The number of benzene rings is 1. The predicted molar refractivity (Wildman–Crippen MR) is 65.7 cm³/mol. The van der Waals surface area contributed by atoms with Gasteiger partial charge in [0.2, 0.25) is 5.91 Å². The number of rotatable bonds is 4. The molecule has 1 amide bonds. The molecule has 1 aromatic carbocycles. The van der Waals surface area contributed by atoms with Crippen LogP contribution in [0.15, 0.2) is 24.4 Å². The number of phenolic OH excluding ortho intramolecular Hbond substituents is 1. The van der Waals surface area contributed by atoms with Crippen LogP contribution in [0.25, 0.3) is 10.9 Å². The number of carbonyl (C=O) groups excluding carboxylic acids is 1. The third kappa shape index (κ3) is 2.24. The highest BCUT2D eigenvalue weighted by Crippen LogP contribution is 2.23. The van der Waals surface area contributed by atoms with E-state index >= 15 is 0 Å². The molecule has 0 radical (unpaired) electrons. The topological polar surface area (TPSA) is 91.1 Å². The molecule has 0 bridgehead atoms. The van der Waals surface area contributed by atoms with E-state index in [1.54, 1.807) is 25.2 Å². The van der Waals surface area contributed by atoms with Gasteiger partial charge < -0.3 is 21.1 Å². The highest BCUT2D eigenvalue weighted by molar-refractivity contribution is 5.86. The van der Waals surface area contributed by atoms with Crippen LogP contribution in [0, 0.1) is 0 Å². The molecule has 0 saturated carbocycles. The van der Waals surface area contributed by atoms with Crippen molar-refractivity contribution in [3.63, 3.8) is 0 Å². The Labute approximate surface area is 98.6 Å². The van der Waals surface area contributed by atoms with Crippen LogP contribution in [0.5, 0.6) is 5.75 Å². The zero-order chi connectivity index (χ0) is 12.4. The molecule has 0 saturated heterocycles. The SMILES string of the molecule is CNC(Cc1c[nH]c2ccc(O)cc12)C(N)=O. The van der Waals surface area contributed by atoms with Crippen molar-refractivity contribution in [2.75, 3.05) is 7.05 Å². The van der Waals surface area contributed by atoms with Crippen LogP contribution in [0.2, 0.25) is 0 Å². The second-order valence-electron chi connectivity index (χ2n) is 3.99. The number of carbonyl (C=O) groups is 1. The number of aromatic hydroxyl groups is 1. The molecule has 5 N–H and O–H groups in total. The van der Waals surface area contributed by atoms with Gasteiger partial charge in [0.05, 0.1) is 6.04 Å². The first-order valence-electron chi connectivity index (χ1n) is 5.37. The lowest BCUT2D eigenvalue weighted by Crippen LogP contribution is -2.40. The van der Waals surface area contributed by atoms with Crippen molar-refractivity contribution in [2.24, 2.45) is 5.73 Å². The maximum Gasteiger partial charge on any atom is 0.234 e. The zero-order valence-corrected chi connectivity index (χ0v) is 9.53. The molecular weight excluding hydrogens is 218 g/mol. The van der Waals surface area contributed by atoms with Gasteiger partial charge in [0.1, 0.15) is 5.75 Å². The van der Waals surface area contributed by atoms with Crippen LogP contribution >= 0.6 is 0 Å². The molecule has 0 aliphatic heterocycles. The quantitative estimate of drug-likeness (QED) is 0.619. The van der Waals surface area contributed by atoms with Gasteiger partial charge in [0, 0.05) is 17.1 Å². The number of nitrogens with two attached hydrogens (primary N) is 1. The number of nitrogens with one attached hydrogen (secondary N) is 2. The number of likely N-dealkylation sites (N-methyl/N-ethyl adjacent to an activating group) is 1. The van der Waals surface area contributed by atoms with E-state index in [1.807, 2.05) is 6.20 Å². The van der Waals surface area contributed by atoms with E-state index in [1.165, 1.54) is 0 Å². The first kappa shape index (κ1) is 11.5. The highest BCUT2D eigenvalue weighted by atomic mass is 16.3. The lowest BCUT2D eigenvalue weighted by atomic mass is 10.0. The van der Waals surface area contributed by atoms with Crippen molar-refractivity contribution >= 4 is 16.8 Å². The van der Waals surface area contributed by atoms with Crippen molar-refractivity contribution in [1.82, 2.24) is 10.3 Å². The average molecular weight is 233 g/mol. The Morgan fingerprint density at radius 3 is 3.00 bits per heavy atom. The fraction of sp³-hybridized carbons (Fsp3) is 0.250. The minimum Gasteiger partial charge on any atom is -0.508 e. The average Bonchev–Trinajstić information content (AvgIpc) is 2.68. The predicted octanol–water partition coefficient (Wildman–Crippen LogP) is 0.489. The van der Waals surface area contributed by atoms with Crippen molar-refractivity contribution in [3.8, 4) is 5.75 Å². The molecule has 5 heteroatoms. The summed E-state index contributed by atoms with van der Waals surface area (Å²) in [5, 5.41) is 13.2. The summed E-state index contributed by atoms with van der Waals surface area (Å²) in [4.78, 5) is 14.3. The van der Waals surface area contributed by atoms with Crippen LogP contribution in [0.4, 0.5) is 0 Å². The lowest BCUT2D eigenvalue weighted by molar-refractivity contribution is -0.119. The van der Waals surface area contributed by atoms with Gasteiger partial charge in [-0.25, -0.2) is 0 Å². The molecule has 1 aromatic heterocycles. The summed E-state index contributed by atoms with van der Waals surface area (Å²) >= 11 is 0. The van der Waals surface area contributed by atoms with E-state index in [-0.39, 0.29) is 11.7 Å². The molecule has 0 spiro atoms. The van der Waals surface area contributed by atoms with Crippen molar-refractivity contribution < 1.29 is 9.90 Å². The maximum absolute atomic E-state index is 11.2. The van der Waals surface area contributed by atoms with Crippen LogP contribution in [-0.2, 0) is 11.2 Å². The number of amides is 1. The van der Waals surface area contributed by atoms with E-state index in [0.29, 0.717) is 6.42 Å². The minimum atomic E-state index is -0.406. The first-order chi connectivity index (χ1) is 8.11. The Balaban J connectivity index is 2.35. The number of hydrogen-bond donors (Lipinski definition) is 4. The smallest absolute Gasteiger partial charge is 0.234 e. The fourth-order valence-corrected chi connectivity index (χ4v) is 1.90. The van der Waals surface area contributed by atoms with Crippen molar-refractivity contribution in [3.05, 3.63) is 30.0 Å². The number of hydrogen-bond acceptors (Lipinski definition) is 3. The highest BCUT2D eigenvalue weighted by Gasteiger charge is 2.15. The Bertz CT molecular complexity index is 548. The summed E-state index contributed by atoms with van der Waals surface area (Å²) < 4.78 is 0. The van der Waals surface area contributed by atoms with Gasteiger partial charge in [-0.15, -0.1) is 0 Å². The number of phenols is 1. The molecule has 0 fully saturated rings. The summed E-state index contributed by atoms with van der Waals surface area (Å²) in [7, 11) is 1.70.